The van der Waals surface area contributed by atoms with Crippen molar-refractivity contribution in [2.45, 2.75) is 59.0 Å². The van der Waals surface area contributed by atoms with Crippen LogP contribution in [0.3, 0.4) is 0 Å². The Hall–Kier alpha value is -1.88. The molecule has 0 aliphatic carbocycles. The van der Waals surface area contributed by atoms with Gasteiger partial charge in [0.2, 0.25) is 5.91 Å². The minimum Gasteiger partial charge on any atom is -0.346 e. The zero-order valence-corrected chi connectivity index (χ0v) is 17.3. The number of amides is 1. The summed E-state index contributed by atoms with van der Waals surface area (Å²) in [4.78, 5) is 21.9. The molecule has 0 saturated carbocycles. The van der Waals surface area contributed by atoms with Crippen molar-refractivity contribution < 1.29 is 4.79 Å². The van der Waals surface area contributed by atoms with Gasteiger partial charge in [0.05, 0.1) is 17.6 Å². The molecule has 0 radical (unpaired) electrons. The maximum absolute atomic E-state index is 12.6. The maximum atomic E-state index is 12.6. The fourth-order valence-corrected chi connectivity index (χ4v) is 4.14. The number of fused-ring (bicyclic) bond motifs is 1. The van der Waals surface area contributed by atoms with Crippen molar-refractivity contribution in [2.75, 3.05) is 26.7 Å². The number of aromatic nitrogens is 2. The second kappa shape index (κ2) is 8.87. The predicted octanol–water partition coefficient (Wildman–Crippen LogP) is 4.09. The Morgan fingerprint density at radius 3 is 2.63 bits per heavy atom. The summed E-state index contributed by atoms with van der Waals surface area (Å²) in [5.41, 5.74) is 2.29. The minimum absolute atomic E-state index is 0.187. The number of nitrogens with zero attached hydrogens (tertiary/aromatic N) is 4. The van der Waals surface area contributed by atoms with Crippen LogP contribution in [0.25, 0.3) is 11.0 Å². The van der Waals surface area contributed by atoms with Crippen molar-refractivity contribution in [1.29, 1.82) is 0 Å². The average Bonchev–Trinajstić information content (AvgIpc) is 3.04. The lowest BCUT2D eigenvalue weighted by Gasteiger charge is -2.33. The van der Waals surface area contributed by atoms with Crippen molar-refractivity contribution in [2.24, 2.45) is 5.92 Å². The molecule has 1 amide bonds. The van der Waals surface area contributed by atoms with Gasteiger partial charge in [-0.3, -0.25) is 9.69 Å². The molecule has 27 heavy (non-hydrogen) atoms. The summed E-state index contributed by atoms with van der Waals surface area (Å²) >= 11 is 0. The van der Waals surface area contributed by atoms with Crippen LogP contribution in [0.5, 0.6) is 0 Å². The van der Waals surface area contributed by atoms with E-state index < -0.39 is 0 Å². The molecule has 5 nitrogen and oxygen atoms in total. The first kappa shape index (κ1) is 19.9. The number of carbonyl (C=O) groups is 1. The van der Waals surface area contributed by atoms with E-state index in [1.165, 1.54) is 5.52 Å². The van der Waals surface area contributed by atoms with Gasteiger partial charge in [0, 0.05) is 25.6 Å². The first-order valence-corrected chi connectivity index (χ1v) is 10.4. The van der Waals surface area contributed by atoms with Crippen molar-refractivity contribution >= 4 is 16.9 Å². The van der Waals surface area contributed by atoms with E-state index in [4.69, 9.17) is 4.98 Å². The van der Waals surface area contributed by atoms with Gasteiger partial charge in [0.15, 0.2) is 0 Å². The number of unbranched alkanes of at least 4 members (excludes halogenated alkanes) is 1. The van der Waals surface area contributed by atoms with Crippen LogP contribution in [0.15, 0.2) is 24.3 Å². The topological polar surface area (TPSA) is 41.4 Å². The molecule has 5 heteroatoms. The van der Waals surface area contributed by atoms with Crippen LogP contribution in [0.1, 0.15) is 58.3 Å². The Morgan fingerprint density at radius 2 is 1.96 bits per heavy atom. The quantitative estimate of drug-likeness (QED) is 0.737. The van der Waals surface area contributed by atoms with Crippen molar-refractivity contribution in [3.8, 4) is 0 Å². The summed E-state index contributed by atoms with van der Waals surface area (Å²) in [5, 5.41) is 0. The molecule has 0 bridgehead atoms. The molecule has 1 aromatic heterocycles. The summed E-state index contributed by atoms with van der Waals surface area (Å²) in [7, 11) is 1.95. The van der Waals surface area contributed by atoms with E-state index in [-0.39, 0.29) is 5.92 Å². The van der Waals surface area contributed by atoms with Crippen LogP contribution in [0, 0.1) is 5.92 Å². The van der Waals surface area contributed by atoms with E-state index in [2.05, 4.69) is 54.5 Å². The number of benzene rings is 1. The van der Waals surface area contributed by atoms with E-state index >= 15 is 0 Å². The summed E-state index contributed by atoms with van der Waals surface area (Å²) in [6.45, 7) is 10.3. The minimum atomic E-state index is 0.187. The molecule has 0 spiro atoms. The molecule has 1 aliphatic rings. The van der Waals surface area contributed by atoms with E-state index in [9.17, 15) is 4.79 Å². The molecule has 0 N–H and O–H groups in total. The van der Waals surface area contributed by atoms with Crippen molar-refractivity contribution in [3.05, 3.63) is 30.1 Å². The van der Waals surface area contributed by atoms with Gasteiger partial charge < -0.3 is 9.47 Å². The Bertz CT molecular complexity index is 759. The second-order valence-corrected chi connectivity index (χ2v) is 8.14. The van der Waals surface area contributed by atoms with E-state index in [1.807, 2.05) is 11.9 Å². The lowest BCUT2D eigenvalue weighted by Crippen LogP contribution is -2.41. The molecule has 2 heterocycles. The fraction of sp³-hybridized carbons (Fsp3) is 0.636. The van der Waals surface area contributed by atoms with Crippen molar-refractivity contribution in [3.63, 3.8) is 0 Å². The number of carbonyl (C=O) groups excluding carboxylic acids is 1. The number of rotatable bonds is 7. The normalized spacial score (nSPS) is 16.3. The largest absolute Gasteiger partial charge is 0.346 e. The van der Waals surface area contributed by atoms with E-state index in [0.717, 1.165) is 63.2 Å². The van der Waals surface area contributed by atoms with Crippen LogP contribution in [-0.2, 0) is 11.3 Å². The molecule has 1 aromatic carbocycles. The molecule has 0 unspecified atom stereocenters. The fourth-order valence-electron chi connectivity index (χ4n) is 4.14. The Kier molecular flexibility index (Phi) is 6.53. The SMILES string of the molecule is CCCCN(C)C(=O)C1CCN(Cc2nc3ccccc3n2C(C)C)CC1. The number of para-hydroxylation sites is 2. The average molecular weight is 371 g/mol. The Morgan fingerprint density at radius 1 is 1.26 bits per heavy atom. The number of imidazole rings is 1. The van der Waals surface area contributed by atoms with Gasteiger partial charge in [0.25, 0.3) is 0 Å². The van der Waals surface area contributed by atoms with Gasteiger partial charge >= 0.3 is 0 Å². The lowest BCUT2D eigenvalue weighted by atomic mass is 9.95. The third-order valence-corrected chi connectivity index (χ3v) is 5.71. The standard InChI is InChI=1S/C22H34N4O/c1-5-6-13-24(4)22(27)18-11-14-25(15-12-18)16-21-23-19-9-7-8-10-20(19)26(21)17(2)3/h7-10,17-18H,5-6,11-16H2,1-4H3. The summed E-state index contributed by atoms with van der Waals surface area (Å²) in [5.74, 6) is 1.65. The second-order valence-electron chi connectivity index (χ2n) is 8.14. The van der Waals surface area contributed by atoms with Gasteiger partial charge in [0.1, 0.15) is 5.82 Å². The summed E-state index contributed by atoms with van der Waals surface area (Å²) in [6.07, 6.45) is 4.13. The molecule has 1 saturated heterocycles. The number of likely N-dealkylation sites (tertiary alicyclic amines) is 1. The highest BCUT2D eigenvalue weighted by atomic mass is 16.2. The number of hydrogen-bond donors (Lipinski definition) is 0. The van der Waals surface area contributed by atoms with Crippen LogP contribution >= 0.6 is 0 Å². The van der Waals surface area contributed by atoms with E-state index in [1.54, 1.807) is 0 Å². The van der Waals surface area contributed by atoms with Crippen LogP contribution in [0.2, 0.25) is 0 Å². The highest BCUT2D eigenvalue weighted by Crippen LogP contribution is 2.25. The molecule has 1 fully saturated rings. The highest BCUT2D eigenvalue weighted by Gasteiger charge is 2.28. The van der Waals surface area contributed by atoms with Gasteiger partial charge in [-0.25, -0.2) is 4.98 Å². The predicted molar refractivity (Wildman–Crippen MR) is 111 cm³/mol. The molecule has 3 rings (SSSR count). The van der Waals surface area contributed by atoms with Gasteiger partial charge in [-0.15, -0.1) is 0 Å². The first-order valence-electron chi connectivity index (χ1n) is 10.4. The molecule has 148 valence electrons. The molecular weight excluding hydrogens is 336 g/mol. The Balaban J connectivity index is 1.62. The highest BCUT2D eigenvalue weighted by molar-refractivity contribution is 5.78. The molecule has 1 aliphatic heterocycles. The van der Waals surface area contributed by atoms with E-state index in [0.29, 0.717) is 11.9 Å². The zero-order chi connectivity index (χ0) is 19.4. The molecule has 0 atom stereocenters. The number of piperidine rings is 1. The summed E-state index contributed by atoms with van der Waals surface area (Å²) in [6, 6.07) is 8.77. The van der Waals surface area contributed by atoms with Crippen LogP contribution in [-0.4, -0.2) is 51.9 Å². The maximum Gasteiger partial charge on any atom is 0.225 e. The molecule has 2 aromatic rings. The van der Waals surface area contributed by atoms with Gasteiger partial charge in [-0.2, -0.15) is 0 Å². The monoisotopic (exact) mass is 370 g/mol. The third kappa shape index (κ3) is 4.52. The lowest BCUT2D eigenvalue weighted by molar-refractivity contribution is -0.135. The number of hydrogen-bond acceptors (Lipinski definition) is 3. The third-order valence-electron chi connectivity index (χ3n) is 5.71. The van der Waals surface area contributed by atoms with Gasteiger partial charge in [-0.05, 0) is 58.3 Å². The Labute approximate surface area is 163 Å². The summed E-state index contributed by atoms with van der Waals surface area (Å²) < 4.78 is 2.35. The van der Waals surface area contributed by atoms with Crippen molar-refractivity contribution in [1.82, 2.24) is 19.4 Å². The van der Waals surface area contributed by atoms with Gasteiger partial charge in [-0.1, -0.05) is 25.5 Å². The molecular formula is C22H34N4O. The zero-order valence-electron chi connectivity index (χ0n) is 17.3. The smallest absolute Gasteiger partial charge is 0.225 e. The van der Waals surface area contributed by atoms with Crippen LogP contribution < -0.4 is 0 Å². The first-order chi connectivity index (χ1) is 13.0. The van der Waals surface area contributed by atoms with Crippen LogP contribution in [0.4, 0.5) is 0 Å².